The Bertz CT molecular complexity index is 505. The zero-order valence-corrected chi connectivity index (χ0v) is 10.5. The van der Waals surface area contributed by atoms with Crippen LogP contribution in [0.4, 0.5) is 0 Å². The van der Waals surface area contributed by atoms with Crippen LogP contribution < -0.4 is 5.73 Å². The highest BCUT2D eigenvalue weighted by Gasteiger charge is 2.11. The summed E-state index contributed by atoms with van der Waals surface area (Å²) in [4.78, 5) is 4.47. The van der Waals surface area contributed by atoms with Gasteiger partial charge in [-0.1, -0.05) is 17.7 Å². The largest absolute Gasteiger partial charge is 0.330 e. The minimum absolute atomic E-state index is 0.584. The van der Waals surface area contributed by atoms with Gasteiger partial charge in [0.15, 0.2) is 5.82 Å². The Morgan fingerprint density at radius 3 is 2.41 bits per heavy atom. The predicted octanol–water partition coefficient (Wildman–Crippen LogP) is 1.90. The molecule has 3 N–H and O–H groups in total. The summed E-state index contributed by atoms with van der Waals surface area (Å²) >= 11 is 0. The maximum atomic E-state index is 5.50. The second-order valence-corrected chi connectivity index (χ2v) is 4.42. The lowest BCUT2D eigenvalue weighted by Crippen LogP contribution is -2.03. The number of rotatable bonds is 3. The molecule has 0 fully saturated rings. The lowest BCUT2D eigenvalue weighted by Gasteiger charge is -2.07. The second kappa shape index (κ2) is 4.67. The molecular weight excluding hydrogens is 212 g/mol. The van der Waals surface area contributed by atoms with E-state index in [-0.39, 0.29) is 0 Å². The van der Waals surface area contributed by atoms with Crippen LogP contribution >= 0.6 is 0 Å². The molecule has 90 valence electrons. The predicted molar refractivity (Wildman–Crippen MR) is 68.8 cm³/mol. The SMILES string of the molecule is Cc1cc(C)c(-c2n[nH]c(CCN)n2)c(C)c1. The average Bonchev–Trinajstić information content (AvgIpc) is 2.65. The van der Waals surface area contributed by atoms with Gasteiger partial charge < -0.3 is 5.73 Å². The van der Waals surface area contributed by atoms with Gasteiger partial charge in [0.05, 0.1) is 0 Å². The van der Waals surface area contributed by atoms with Crippen molar-refractivity contribution in [3.8, 4) is 11.4 Å². The molecule has 2 aromatic rings. The van der Waals surface area contributed by atoms with Crippen molar-refractivity contribution in [2.45, 2.75) is 27.2 Å². The summed E-state index contributed by atoms with van der Waals surface area (Å²) in [6.45, 7) is 6.87. The third-order valence-electron chi connectivity index (χ3n) is 2.81. The Morgan fingerprint density at radius 1 is 1.18 bits per heavy atom. The van der Waals surface area contributed by atoms with Crippen LogP contribution in [-0.4, -0.2) is 21.7 Å². The number of H-pyrrole nitrogens is 1. The quantitative estimate of drug-likeness (QED) is 0.846. The Balaban J connectivity index is 2.45. The van der Waals surface area contributed by atoms with Crippen LogP contribution in [0.2, 0.25) is 0 Å². The first-order chi connectivity index (χ1) is 8.11. The first-order valence-corrected chi connectivity index (χ1v) is 5.81. The Morgan fingerprint density at radius 2 is 1.82 bits per heavy atom. The Hall–Kier alpha value is -1.68. The van der Waals surface area contributed by atoms with E-state index in [0.717, 1.165) is 23.6 Å². The van der Waals surface area contributed by atoms with Crippen LogP contribution in [0.25, 0.3) is 11.4 Å². The van der Waals surface area contributed by atoms with E-state index in [0.29, 0.717) is 6.54 Å². The first-order valence-electron chi connectivity index (χ1n) is 5.81. The van der Waals surface area contributed by atoms with Gasteiger partial charge in [0.25, 0.3) is 0 Å². The van der Waals surface area contributed by atoms with Crippen LogP contribution in [-0.2, 0) is 6.42 Å². The van der Waals surface area contributed by atoms with E-state index in [9.17, 15) is 0 Å². The molecule has 0 unspecified atom stereocenters. The van der Waals surface area contributed by atoms with Crippen molar-refractivity contribution in [2.75, 3.05) is 6.54 Å². The zero-order valence-electron chi connectivity index (χ0n) is 10.5. The van der Waals surface area contributed by atoms with Gasteiger partial charge in [-0.25, -0.2) is 4.98 Å². The van der Waals surface area contributed by atoms with Gasteiger partial charge in [-0.3, -0.25) is 5.10 Å². The molecule has 2 rings (SSSR count). The molecule has 0 spiro atoms. The van der Waals surface area contributed by atoms with E-state index in [1.807, 2.05) is 0 Å². The average molecular weight is 230 g/mol. The molecule has 1 aromatic carbocycles. The van der Waals surface area contributed by atoms with E-state index in [4.69, 9.17) is 5.73 Å². The summed E-state index contributed by atoms with van der Waals surface area (Å²) in [5.74, 6) is 1.62. The minimum atomic E-state index is 0.584. The lowest BCUT2D eigenvalue weighted by atomic mass is 9.99. The Labute approximate surface area is 101 Å². The van der Waals surface area contributed by atoms with Crippen molar-refractivity contribution in [3.63, 3.8) is 0 Å². The van der Waals surface area contributed by atoms with Gasteiger partial charge in [-0.15, -0.1) is 0 Å². The number of hydrogen-bond acceptors (Lipinski definition) is 3. The van der Waals surface area contributed by atoms with Gasteiger partial charge >= 0.3 is 0 Å². The third-order valence-corrected chi connectivity index (χ3v) is 2.81. The maximum absolute atomic E-state index is 5.50. The lowest BCUT2D eigenvalue weighted by molar-refractivity contribution is 0.874. The third kappa shape index (κ3) is 2.36. The van der Waals surface area contributed by atoms with Crippen LogP contribution in [0.1, 0.15) is 22.5 Å². The molecule has 1 heterocycles. The highest BCUT2D eigenvalue weighted by molar-refractivity contribution is 5.65. The van der Waals surface area contributed by atoms with Gasteiger partial charge in [0.1, 0.15) is 5.82 Å². The van der Waals surface area contributed by atoms with E-state index in [2.05, 4.69) is 48.1 Å². The standard InChI is InChI=1S/C13H18N4/c1-8-6-9(2)12(10(3)7-8)13-15-11(4-5-14)16-17-13/h6-7H,4-5,14H2,1-3H3,(H,15,16,17). The number of aromatic nitrogens is 3. The minimum Gasteiger partial charge on any atom is -0.330 e. The number of benzene rings is 1. The number of aryl methyl sites for hydroxylation is 3. The van der Waals surface area contributed by atoms with Gasteiger partial charge in [-0.2, -0.15) is 5.10 Å². The summed E-state index contributed by atoms with van der Waals surface area (Å²) < 4.78 is 0. The molecule has 4 nitrogen and oxygen atoms in total. The fraction of sp³-hybridized carbons (Fsp3) is 0.385. The number of nitrogens with zero attached hydrogens (tertiary/aromatic N) is 2. The maximum Gasteiger partial charge on any atom is 0.181 e. The van der Waals surface area contributed by atoms with Crippen molar-refractivity contribution in [1.29, 1.82) is 0 Å². The van der Waals surface area contributed by atoms with Gasteiger partial charge in [0.2, 0.25) is 0 Å². The molecule has 4 heteroatoms. The molecule has 0 amide bonds. The van der Waals surface area contributed by atoms with Crippen LogP contribution in [0.15, 0.2) is 12.1 Å². The van der Waals surface area contributed by atoms with Crippen LogP contribution in [0.3, 0.4) is 0 Å². The van der Waals surface area contributed by atoms with E-state index in [1.165, 1.54) is 16.7 Å². The van der Waals surface area contributed by atoms with Gasteiger partial charge in [0, 0.05) is 12.0 Å². The number of aromatic amines is 1. The smallest absolute Gasteiger partial charge is 0.181 e. The summed E-state index contributed by atoms with van der Waals surface area (Å²) in [6, 6.07) is 4.31. The summed E-state index contributed by atoms with van der Waals surface area (Å²) in [6.07, 6.45) is 0.733. The van der Waals surface area contributed by atoms with E-state index >= 15 is 0 Å². The topological polar surface area (TPSA) is 67.6 Å². The molecule has 0 saturated heterocycles. The molecule has 0 saturated carbocycles. The summed E-state index contributed by atoms with van der Waals surface area (Å²) in [7, 11) is 0. The van der Waals surface area contributed by atoms with Crippen molar-refractivity contribution < 1.29 is 0 Å². The highest BCUT2D eigenvalue weighted by atomic mass is 15.2. The van der Waals surface area contributed by atoms with E-state index < -0.39 is 0 Å². The monoisotopic (exact) mass is 230 g/mol. The van der Waals surface area contributed by atoms with E-state index in [1.54, 1.807) is 0 Å². The molecule has 1 aromatic heterocycles. The zero-order chi connectivity index (χ0) is 12.4. The molecule has 0 bridgehead atoms. The van der Waals surface area contributed by atoms with Crippen molar-refractivity contribution in [3.05, 3.63) is 34.6 Å². The fourth-order valence-electron chi connectivity index (χ4n) is 2.19. The number of hydrogen-bond donors (Lipinski definition) is 2. The van der Waals surface area contributed by atoms with Crippen LogP contribution in [0, 0.1) is 20.8 Å². The summed E-state index contributed by atoms with van der Waals surface area (Å²) in [5, 5.41) is 7.20. The van der Waals surface area contributed by atoms with Gasteiger partial charge in [-0.05, 0) is 38.4 Å². The highest BCUT2D eigenvalue weighted by Crippen LogP contribution is 2.25. The van der Waals surface area contributed by atoms with Crippen molar-refractivity contribution in [1.82, 2.24) is 15.2 Å². The number of nitrogens with two attached hydrogens (primary N) is 1. The molecule has 0 aliphatic carbocycles. The molecule has 0 radical (unpaired) electrons. The fourth-order valence-corrected chi connectivity index (χ4v) is 2.19. The van der Waals surface area contributed by atoms with Crippen molar-refractivity contribution >= 4 is 0 Å². The van der Waals surface area contributed by atoms with Crippen molar-refractivity contribution in [2.24, 2.45) is 5.73 Å². The first kappa shape index (κ1) is 11.8. The van der Waals surface area contributed by atoms with Crippen LogP contribution in [0.5, 0.6) is 0 Å². The molecular formula is C13H18N4. The Kier molecular flexibility index (Phi) is 3.24. The molecule has 0 aliphatic heterocycles. The molecule has 17 heavy (non-hydrogen) atoms. The molecule has 0 atom stereocenters. The summed E-state index contributed by atoms with van der Waals surface area (Å²) in [5.41, 5.74) is 10.3. The number of nitrogens with one attached hydrogen (secondary N) is 1. The normalized spacial score (nSPS) is 10.8. The molecule has 0 aliphatic rings. The second-order valence-electron chi connectivity index (χ2n) is 4.42.